The molecule has 3 rings (SSSR count). The highest BCUT2D eigenvalue weighted by Gasteiger charge is 2.41. The molecule has 1 fully saturated rings. The Morgan fingerprint density at radius 2 is 2.00 bits per heavy atom. The summed E-state index contributed by atoms with van der Waals surface area (Å²) in [4.78, 5) is 26.3. The second-order valence-electron chi connectivity index (χ2n) is 5.71. The molecule has 7 heteroatoms. The fourth-order valence-electron chi connectivity index (χ4n) is 2.75. The Kier molecular flexibility index (Phi) is 5.93. The first kappa shape index (κ1) is 19.1. The summed E-state index contributed by atoms with van der Waals surface area (Å²) in [7, 11) is 0. The van der Waals surface area contributed by atoms with Crippen LogP contribution in [0, 0.1) is 0 Å². The van der Waals surface area contributed by atoms with Gasteiger partial charge in [-0.25, -0.2) is 4.79 Å². The third kappa shape index (κ3) is 4.20. The van der Waals surface area contributed by atoms with Crippen LogP contribution < -0.4 is 4.74 Å². The quantitative estimate of drug-likeness (QED) is 0.582. The molecule has 1 N–H and O–H groups in total. The van der Waals surface area contributed by atoms with Crippen molar-refractivity contribution in [1.29, 1.82) is 0 Å². The summed E-state index contributed by atoms with van der Waals surface area (Å²) in [5.74, 6) is -0.838. The van der Waals surface area contributed by atoms with E-state index in [0.717, 1.165) is 22.2 Å². The van der Waals surface area contributed by atoms with E-state index in [4.69, 9.17) is 17.0 Å². The highest BCUT2D eigenvalue weighted by molar-refractivity contribution is 8.26. The average molecular weight is 399 g/mol. The maximum Gasteiger partial charge on any atom is 0.331 e. The first-order chi connectivity index (χ1) is 13.0. The Morgan fingerprint density at radius 3 is 2.67 bits per heavy atom. The summed E-state index contributed by atoms with van der Waals surface area (Å²) in [6.07, 6.45) is 1.70. The van der Waals surface area contributed by atoms with Crippen molar-refractivity contribution in [2.75, 3.05) is 6.61 Å². The number of aliphatic carboxylic acids is 1. The number of benzene rings is 2. The second-order valence-corrected chi connectivity index (χ2v) is 7.38. The third-order valence-corrected chi connectivity index (χ3v) is 5.23. The number of rotatable bonds is 6. The van der Waals surface area contributed by atoms with Gasteiger partial charge in [0.25, 0.3) is 5.91 Å². The van der Waals surface area contributed by atoms with Crippen LogP contribution in [0.5, 0.6) is 5.75 Å². The minimum absolute atomic E-state index is 0.225. The molecule has 5 nitrogen and oxygen atoms in total. The molecule has 1 saturated heterocycles. The molecule has 1 amide bonds. The van der Waals surface area contributed by atoms with Crippen LogP contribution >= 0.6 is 24.0 Å². The number of carbonyl (C=O) groups is 2. The van der Waals surface area contributed by atoms with Crippen LogP contribution in [0.4, 0.5) is 0 Å². The van der Waals surface area contributed by atoms with Gasteiger partial charge in [0, 0.05) is 0 Å². The number of hydrogen-bond acceptors (Lipinski definition) is 5. The molecule has 2 aromatic carbocycles. The highest BCUT2D eigenvalue weighted by atomic mass is 32.2. The fourth-order valence-corrected chi connectivity index (χ4v) is 4.07. The standard InChI is InChI=1S/C20H17NO4S2/c1-2-25-15-10-6-7-13(11-15)12-16-18(22)21(20(26)27-16)17(19(23)24)14-8-4-3-5-9-14/h3-12,17H,2H2,1H3,(H,23,24)/b16-12+. The molecule has 1 unspecified atom stereocenters. The van der Waals surface area contributed by atoms with Crippen molar-refractivity contribution in [2.45, 2.75) is 13.0 Å². The van der Waals surface area contributed by atoms with Gasteiger partial charge in [0.2, 0.25) is 0 Å². The molecule has 2 aromatic rings. The van der Waals surface area contributed by atoms with Gasteiger partial charge in [0.1, 0.15) is 10.1 Å². The average Bonchev–Trinajstić information content (AvgIpc) is 2.91. The number of hydrogen-bond donors (Lipinski definition) is 1. The van der Waals surface area contributed by atoms with E-state index in [2.05, 4.69) is 0 Å². The van der Waals surface area contributed by atoms with Gasteiger partial charge in [-0.2, -0.15) is 0 Å². The van der Waals surface area contributed by atoms with Crippen LogP contribution in [0.1, 0.15) is 24.1 Å². The van der Waals surface area contributed by atoms with E-state index in [1.54, 1.807) is 36.4 Å². The highest BCUT2D eigenvalue weighted by Crippen LogP contribution is 2.38. The zero-order chi connectivity index (χ0) is 19.4. The summed E-state index contributed by atoms with van der Waals surface area (Å²) in [6.45, 7) is 2.44. The van der Waals surface area contributed by atoms with Gasteiger partial charge in [-0.05, 0) is 36.3 Å². The predicted octanol–water partition coefficient (Wildman–Crippen LogP) is 4.11. The largest absolute Gasteiger partial charge is 0.494 e. The lowest BCUT2D eigenvalue weighted by Gasteiger charge is -2.23. The summed E-state index contributed by atoms with van der Waals surface area (Å²) < 4.78 is 5.70. The fraction of sp³-hybridized carbons (Fsp3) is 0.150. The molecule has 0 aliphatic carbocycles. The molecular formula is C20H17NO4S2. The molecule has 1 heterocycles. The van der Waals surface area contributed by atoms with Crippen molar-refractivity contribution in [3.05, 3.63) is 70.6 Å². The first-order valence-electron chi connectivity index (χ1n) is 8.29. The Hall–Kier alpha value is -2.64. The van der Waals surface area contributed by atoms with E-state index in [1.165, 1.54) is 0 Å². The number of carbonyl (C=O) groups excluding carboxylic acids is 1. The Bertz CT molecular complexity index is 911. The van der Waals surface area contributed by atoms with Crippen LogP contribution in [0.3, 0.4) is 0 Å². The van der Waals surface area contributed by atoms with Crippen molar-refractivity contribution in [1.82, 2.24) is 4.90 Å². The molecule has 0 spiro atoms. The molecule has 138 valence electrons. The summed E-state index contributed by atoms with van der Waals surface area (Å²) in [5, 5.41) is 9.70. The van der Waals surface area contributed by atoms with Crippen molar-refractivity contribution in [2.24, 2.45) is 0 Å². The summed E-state index contributed by atoms with van der Waals surface area (Å²) >= 11 is 6.41. The molecule has 27 heavy (non-hydrogen) atoms. The van der Waals surface area contributed by atoms with Crippen LogP contribution in [-0.2, 0) is 9.59 Å². The van der Waals surface area contributed by atoms with Gasteiger partial charge in [0.15, 0.2) is 6.04 Å². The SMILES string of the molecule is CCOc1cccc(/C=C2/SC(=S)N(C(C(=O)O)c3ccccc3)C2=O)c1. The van der Waals surface area contributed by atoms with E-state index in [-0.39, 0.29) is 4.32 Å². The number of ether oxygens (including phenoxy) is 1. The maximum absolute atomic E-state index is 12.9. The van der Waals surface area contributed by atoms with Gasteiger partial charge >= 0.3 is 5.97 Å². The first-order valence-corrected chi connectivity index (χ1v) is 9.51. The lowest BCUT2D eigenvalue weighted by molar-refractivity contribution is -0.145. The van der Waals surface area contributed by atoms with Crippen LogP contribution in [-0.4, -0.2) is 32.8 Å². The summed E-state index contributed by atoms with van der Waals surface area (Å²) in [5.41, 5.74) is 1.29. The number of thioether (sulfide) groups is 1. The molecule has 1 atom stereocenters. The van der Waals surface area contributed by atoms with Crippen molar-refractivity contribution < 1.29 is 19.4 Å². The number of carboxylic acid groups (broad SMARTS) is 1. The van der Waals surface area contributed by atoms with E-state index < -0.39 is 17.9 Å². The molecular weight excluding hydrogens is 382 g/mol. The van der Waals surface area contributed by atoms with Crippen molar-refractivity contribution in [3.63, 3.8) is 0 Å². The predicted molar refractivity (Wildman–Crippen MR) is 109 cm³/mol. The van der Waals surface area contributed by atoms with Gasteiger partial charge in [0.05, 0.1) is 11.5 Å². The van der Waals surface area contributed by atoms with E-state index in [0.29, 0.717) is 22.8 Å². The third-order valence-electron chi connectivity index (χ3n) is 3.90. The van der Waals surface area contributed by atoms with Crippen molar-refractivity contribution in [3.8, 4) is 5.75 Å². The maximum atomic E-state index is 12.9. The van der Waals surface area contributed by atoms with Gasteiger partial charge in [-0.3, -0.25) is 9.69 Å². The van der Waals surface area contributed by atoms with E-state index in [9.17, 15) is 14.7 Å². The zero-order valence-electron chi connectivity index (χ0n) is 14.5. The number of amides is 1. The van der Waals surface area contributed by atoms with E-state index >= 15 is 0 Å². The Labute approximate surface area is 166 Å². The van der Waals surface area contributed by atoms with Crippen LogP contribution in [0.15, 0.2) is 59.5 Å². The van der Waals surface area contributed by atoms with Crippen molar-refractivity contribution >= 4 is 46.3 Å². The molecule has 0 aromatic heterocycles. The summed E-state index contributed by atoms with van der Waals surface area (Å²) in [6, 6.07) is 14.8. The topological polar surface area (TPSA) is 66.8 Å². The lowest BCUT2D eigenvalue weighted by atomic mass is 10.1. The molecule has 0 bridgehead atoms. The zero-order valence-corrected chi connectivity index (χ0v) is 16.1. The molecule has 0 radical (unpaired) electrons. The van der Waals surface area contributed by atoms with Crippen LogP contribution in [0.2, 0.25) is 0 Å². The number of carboxylic acids is 1. The Morgan fingerprint density at radius 1 is 1.26 bits per heavy atom. The number of nitrogens with zero attached hydrogens (tertiary/aromatic N) is 1. The lowest BCUT2D eigenvalue weighted by Crippen LogP contribution is -2.37. The van der Waals surface area contributed by atoms with Gasteiger partial charge in [-0.1, -0.05) is 66.4 Å². The minimum Gasteiger partial charge on any atom is -0.494 e. The molecule has 1 aliphatic rings. The van der Waals surface area contributed by atoms with Gasteiger partial charge in [-0.15, -0.1) is 0 Å². The number of thiocarbonyl (C=S) groups is 1. The molecule has 1 aliphatic heterocycles. The molecule has 0 saturated carbocycles. The van der Waals surface area contributed by atoms with Gasteiger partial charge < -0.3 is 9.84 Å². The second kappa shape index (κ2) is 8.37. The van der Waals surface area contributed by atoms with E-state index in [1.807, 2.05) is 31.2 Å². The Balaban J connectivity index is 1.92. The monoisotopic (exact) mass is 399 g/mol. The van der Waals surface area contributed by atoms with Crippen LogP contribution in [0.25, 0.3) is 6.08 Å². The minimum atomic E-state index is -1.15. The smallest absolute Gasteiger partial charge is 0.331 e. The normalized spacial score (nSPS) is 16.6.